The predicted molar refractivity (Wildman–Crippen MR) is 49.6 cm³/mol. The summed E-state index contributed by atoms with van der Waals surface area (Å²) >= 11 is 0. The van der Waals surface area contributed by atoms with Crippen LogP contribution >= 0.6 is 0 Å². The Morgan fingerprint density at radius 2 is 1.50 bits per heavy atom. The smallest absolute Gasteiger partial charge is 0.132 e. The van der Waals surface area contributed by atoms with Crippen molar-refractivity contribution in [2.45, 2.75) is 32.6 Å². The van der Waals surface area contributed by atoms with Gasteiger partial charge in [-0.25, -0.2) is 13.2 Å². The predicted octanol–water partition coefficient (Wildman–Crippen LogP) is 3.79. The SMILES string of the molecule is CCC(C)(C)c1c(F)cc(F)cc1F. The average molecular weight is 202 g/mol. The Balaban J connectivity index is 3.35. The molecule has 0 aliphatic heterocycles. The molecule has 1 aromatic rings. The monoisotopic (exact) mass is 202 g/mol. The highest BCUT2D eigenvalue weighted by Crippen LogP contribution is 2.31. The Morgan fingerprint density at radius 1 is 1.07 bits per heavy atom. The Kier molecular flexibility index (Phi) is 2.88. The number of benzene rings is 1. The molecule has 0 aromatic heterocycles. The van der Waals surface area contributed by atoms with Gasteiger partial charge in [-0.2, -0.15) is 0 Å². The van der Waals surface area contributed by atoms with Crippen LogP contribution in [0.25, 0.3) is 0 Å². The highest BCUT2D eigenvalue weighted by atomic mass is 19.1. The maximum absolute atomic E-state index is 13.3. The van der Waals surface area contributed by atoms with E-state index in [1.807, 2.05) is 6.92 Å². The second-order valence-corrected chi connectivity index (χ2v) is 3.98. The maximum Gasteiger partial charge on any atom is 0.132 e. The van der Waals surface area contributed by atoms with Crippen LogP contribution in [0.3, 0.4) is 0 Å². The second kappa shape index (κ2) is 3.64. The van der Waals surface area contributed by atoms with E-state index < -0.39 is 22.9 Å². The molecule has 0 fully saturated rings. The van der Waals surface area contributed by atoms with Crippen LogP contribution in [-0.4, -0.2) is 0 Å². The largest absolute Gasteiger partial charge is 0.207 e. The van der Waals surface area contributed by atoms with E-state index in [0.717, 1.165) is 12.1 Å². The summed E-state index contributed by atoms with van der Waals surface area (Å²) in [4.78, 5) is 0. The summed E-state index contributed by atoms with van der Waals surface area (Å²) in [6, 6.07) is 1.44. The van der Waals surface area contributed by atoms with Crippen LogP contribution in [0.4, 0.5) is 13.2 Å². The van der Waals surface area contributed by atoms with Crippen LogP contribution in [0.2, 0.25) is 0 Å². The third-order valence-corrected chi connectivity index (χ3v) is 2.57. The zero-order valence-electron chi connectivity index (χ0n) is 8.50. The van der Waals surface area contributed by atoms with Crippen molar-refractivity contribution in [3.63, 3.8) is 0 Å². The zero-order chi connectivity index (χ0) is 10.9. The molecule has 1 rings (SSSR count). The number of rotatable bonds is 2. The molecule has 0 bridgehead atoms. The summed E-state index contributed by atoms with van der Waals surface area (Å²) < 4.78 is 39.2. The first kappa shape index (κ1) is 11.1. The molecular formula is C11H13F3. The number of hydrogen-bond donors (Lipinski definition) is 0. The summed E-state index contributed by atoms with van der Waals surface area (Å²) in [7, 11) is 0. The minimum atomic E-state index is -0.879. The van der Waals surface area contributed by atoms with Crippen LogP contribution in [-0.2, 0) is 5.41 Å². The van der Waals surface area contributed by atoms with E-state index in [4.69, 9.17) is 0 Å². The molecular weight excluding hydrogens is 189 g/mol. The Hall–Kier alpha value is -0.990. The molecule has 0 spiro atoms. The molecule has 0 unspecified atom stereocenters. The van der Waals surface area contributed by atoms with Gasteiger partial charge in [0.2, 0.25) is 0 Å². The van der Waals surface area contributed by atoms with Gasteiger partial charge in [0.15, 0.2) is 0 Å². The molecule has 0 saturated carbocycles. The zero-order valence-corrected chi connectivity index (χ0v) is 8.50. The van der Waals surface area contributed by atoms with Gasteiger partial charge in [-0.15, -0.1) is 0 Å². The normalized spacial score (nSPS) is 11.9. The van der Waals surface area contributed by atoms with Crippen LogP contribution in [0, 0.1) is 17.5 Å². The molecule has 1 aromatic carbocycles. The second-order valence-electron chi connectivity index (χ2n) is 3.98. The molecule has 0 heterocycles. The van der Waals surface area contributed by atoms with Crippen LogP contribution in [0.5, 0.6) is 0 Å². The first-order chi connectivity index (χ1) is 6.38. The molecule has 0 aliphatic rings. The number of hydrogen-bond acceptors (Lipinski definition) is 0. The van der Waals surface area contributed by atoms with E-state index in [1.165, 1.54) is 0 Å². The highest BCUT2D eigenvalue weighted by molar-refractivity contribution is 5.27. The summed E-state index contributed by atoms with van der Waals surface area (Å²) in [5.41, 5.74) is -0.650. The van der Waals surface area contributed by atoms with Crippen molar-refractivity contribution in [2.24, 2.45) is 0 Å². The van der Waals surface area contributed by atoms with Crippen molar-refractivity contribution in [1.29, 1.82) is 0 Å². The average Bonchev–Trinajstić information content (AvgIpc) is 2.01. The van der Waals surface area contributed by atoms with Crippen molar-refractivity contribution in [2.75, 3.05) is 0 Å². The Bertz CT molecular complexity index is 319. The van der Waals surface area contributed by atoms with Gasteiger partial charge in [-0.05, 0) is 11.8 Å². The lowest BCUT2D eigenvalue weighted by atomic mass is 9.81. The van der Waals surface area contributed by atoms with Gasteiger partial charge < -0.3 is 0 Å². The van der Waals surface area contributed by atoms with Gasteiger partial charge in [0.25, 0.3) is 0 Å². The molecule has 0 radical (unpaired) electrons. The fraction of sp³-hybridized carbons (Fsp3) is 0.455. The van der Waals surface area contributed by atoms with Gasteiger partial charge in [0.05, 0.1) is 0 Å². The van der Waals surface area contributed by atoms with E-state index in [1.54, 1.807) is 13.8 Å². The molecule has 78 valence electrons. The van der Waals surface area contributed by atoms with Crippen molar-refractivity contribution < 1.29 is 13.2 Å². The molecule has 0 amide bonds. The summed E-state index contributed by atoms with van der Waals surface area (Å²) in [5.74, 6) is -2.50. The molecule has 0 nitrogen and oxygen atoms in total. The van der Waals surface area contributed by atoms with Gasteiger partial charge in [0, 0.05) is 17.7 Å². The van der Waals surface area contributed by atoms with E-state index in [0.29, 0.717) is 6.42 Å². The molecule has 14 heavy (non-hydrogen) atoms. The Labute approximate surface area is 81.8 Å². The van der Waals surface area contributed by atoms with Gasteiger partial charge in [-0.3, -0.25) is 0 Å². The first-order valence-electron chi connectivity index (χ1n) is 4.53. The molecule has 3 heteroatoms. The first-order valence-corrected chi connectivity index (χ1v) is 4.53. The minimum Gasteiger partial charge on any atom is -0.207 e. The number of halogens is 3. The van der Waals surface area contributed by atoms with E-state index in [2.05, 4.69) is 0 Å². The maximum atomic E-state index is 13.3. The minimum absolute atomic E-state index is 0.0404. The Morgan fingerprint density at radius 3 is 1.86 bits per heavy atom. The summed E-state index contributed by atoms with van der Waals surface area (Å²) in [6.45, 7) is 5.29. The summed E-state index contributed by atoms with van der Waals surface area (Å²) in [5, 5.41) is 0. The third kappa shape index (κ3) is 1.91. The lowest BCUT2D eigenvalue weighted by Gasteiger charge is -2.24. The van der Waals surface area contributed by atoms with Crippen molar-refractivity contribution in [3.8, 4) is 0 Å². The standard InChI is InChI=1S/C11H13F3/c1-4-11(2,3)10-8(13)5-7(12)6-9(10)14/h5-6H,4H2,1-3H3. The van der Waals surface area contributed by atoms with E-state index in [-0.39, 0.29) is 5.56 Å². The van der Waals surface area contributed by atoms with Crippen LogP contribution in [0.1, 0.15) is 32.8 Å². The van der Waals surface area contributed by atoms with Crippen molar-refractivity contribution in [3.05, 3.63) is 35.1 Å². The molecule has 0 N–H and O–H groups in total. The lowest BCUT2D eigenvalue weighted by molar-refractivity contribution is 0.427. The lowest BCUT2D eigenvalue weighted by Crippen LogP contribution is -2.20. The van der Waals surface area contributed by atoms with Gasteiger partial charge in [-0.1, -0.05) is 20.8 Å². The fourth-order valence-corrected chi connectivity index (χ4v) is 1.37. The fourth-order valence-electron chi connectivity index (χ4n) is 1.37. The van der Waals surface area contributed by atoms with Crippen molar-refractivity contribution >= 4 is 0 Å². The van der Waals surface area contributed by atoms with Crippen LogP contribution < -0.4 is 0 Å². The molecule has 0 saturated heterocycles. The summed E-state index contributed by atoms with van der Waals surface area (Å²) in [6.07, 6.45) is 0.590. The topological polar surface area (TPSA) is 0 Å². The highest BCUT2D eigenvalue weighted by Gasteiger charge is 2.26. The molecule has 0 atom stereocenters. The molecule has 0 aliphatic carbocycles. The van der Waals surface area contributed by atoms with E-state index >= 15 is 0 Å². The van der Waals surface area contributed by atoms with Gasteiger partial charge >= 0.3 is 0 Å². The van der Waals surface area contributed by atoms with E-state index in [9.17, 15) is 13.2 Å². The third-order valence-electron chi connectivity index (χ3n) is 2.57. The van der Waals surface area contributed by atoms with Gasteiger partial charge in [0.1, 0.15) is 17.5 Å². The van der Waals surface area contributed by atoms with Crippen molar-refractivity contribution in [1.82, 2.24) is 0 Å². The quantitative estimate of drug-likeness (QED) is 0.684. The van der Waals surface area contributed by atoms with Crippen LogP contribution in [0.15, 0.2) is 12.1 Å².